The molecule has 4 rings (SSSR count). The zero-order chi connectivity index (χ0) is 25.9. The maximum Gasteiger partial charge on any atom is 0.416 e. The molecule has 4 aromatic rings. The molecule has 3 N–H and O–H groups in total. The standard InChI is InChI=1S/C27H26F3N5O/c1-17-6-3-4-9-21(17)22(31)12-15-33-26-34-24(18-10-13-32-14-11-18)23(25(36)35(26)2)19-7-5-8-20(16-19)27(28,29)30/h3-11,13-14,16,22H,12,15,31H2,1-2H3,(H,33,34). The van der Waals surface area contributed by atoms with Crippen molar-refractivity contribution in [2.45, 2.75) is 25.6 Å². The monoisotopic (exact) mass is 493 g/mol. The number of nitrogens with two attached hydrogens (primary N) is 1. The van der Waals surface area contributed by atoms with Gasteiger partial charge in [0, 0.05) is 37.6 Å². The Hall–Kier alpha value is -3.98. The number of anilines is 1. The summed E-state index contributed by atoms with van der Waals surface area (Å²) in [5.74, 6) is 0.291. The van der Waals surface area contributed by atoms with Crippen LogP contribution in [0.4, 0.5) is 19.1 Å². The van der Waals surface area contributed by atoms with Crippen LogP contribution in [0, 0.1) is 6.92 Å². The lowest BCUT2D eigenvalue weighted by molar-refractivity contribution is -0.137. The fourth-order valence-electron chi connectivity index (χ4n) is 4.09. The largest absolute Gasteiger partial charge is 0.416 e. The highest BCUT2D eigenvalue weighted by Gasteiger charge is 2.31. The highest BCUT2D eigenvalue weighted by atomic mass is 19.4. The average molecular weight is 494 g/mol. The summed E-state index contributed by atoms with van der Waals surface area (Å²) < 4.78 is 41.4. The molecule has 6 nitrogen and oxygen atoms in total. The van der Waals surface area contributed by atoms with E-state index in [1.165, 1.54) is 23.7 Å². The lowest BCUT2D eigenvalue weighted by Gasteiger charge is -2.18. The van der Waals surface area contributed by atoms with Crippen LogP contribution >= 0.6 is 0 Å². The molecule has 0 aliphatic carbocycles. The summed E-state index contributed by atoms with van der Waals surface area (Å²) in [7, 11) is 1.53. The highest BCUT2D eigenvalue weighted by molar-refractivity contribution is 5.81. The lowest BCUT2D eigenvalue weighted by atomic mass is 9.99. The van der Waals surface area contributed by atoms with E-state index >= 15 is 0 Å². The van der Waals surface area contributed by atoms with Crippen molar-refractivity contribution in [2.75, 3.05) is 11.9 Å². The second-order valence-corrected chi connectivity index (χ2v) is 8.52. The first-order valence-corrected chi connectivity index (χ1v) is 11.4. The minimum Gasteiger partial charge on any atom is -0.355 e. The highest BCUT2D eigenvalue weighted by Crippen LogP contribution is 2.34. The van der Waals surface area contributed by atoms with E-state index in [9.17, 15) is 18.0 Å². The molecule has 0 saturated carbocycles. The predicted octanol–water partition coefficient (Wildman–Crippen LogP) is 5.34. The third kappa shape index (κ3) is 5.31. The summed E-state index contributed by atoms with van der Waals surface area (Å²) in [4.78, 5) is 22.1. The van der Waals surface area contributed by atoms with Crippen molar-refractivity contribution in [3.8, 4) is 22.4 Å². The first-order valence-electron chi connectivity index (χ1n) is 11.4. The normalized spacial score (nSPS) is 12.4. The molecule has 0 aliphatic rings. The van der Waals surface area contributed by atoms with Crippen molar-refractivity contribution < 1.29 is 13.2 Å². The Morgan fingerprint density at radius 1 is 1.03 bits per heavy atom. The van der Waals surface area contributed by atoms with Gasteiger partial charge in [0.15, 0.2) is 0 Å². The Morgan fingerprint density at radius 3 is 2.44 bits per heavy atom. The molecule has 186 valence electrons. The van der Waals surface area contributed by atoms with Crippen molar-refractivity contribution in [1.29, 1.82) is 0 Å². The first kappa shape index (κ1) is 25.1. The second kappa shape index (κ2) is 10.3. The van der Waals surface area contributed by atoms with Crippen LogP contribution in [0.5, 0.6) is 0 Å². The van der Waals surface area contributed by atoms with Gasteiger partial charge in [-0.3, -0.25) is 14.3 Å². The van der Waals surface area contributed by atoms with Crippen molar-refractivity contribution in [3.63, 3.8) is 0 Å². The maximum absolute atomic E-state index is 13.5. The number of aromatic nitrogens is 3. The third-order valence-corrected chi connectivity index (χ3v) is 6.05. The third-order valence-electron chi connectivity index (χ3n) is 6.05. The molecule has 2 aromatic heterocycles. The molecule has 0 amide bonds. The molecule has 0 fully saturated rings. The number of benzene rings is 2. The number of rotatable bonds is 7. The molecule has 9 heteroatoms. The van der Waals surface area contributed by atoms with Gasteiger partial charge in [0.2, 0.25) is 5.95 Å². The van der Waals surface area contributed by atoms with Crippen molar-refractivity contribution in [2.24, 2.45) is 12.8 Å². The minimum absolute atomic E-state index is 0.0805. The first-order chi connectivity index (χ1) is 17.2. The molecule has 0 saturated heterocycles. The van der Waals surface area contributed by atoms with Crippen LogP contribution < -0.4 is 16.6 Å². The average Bonchev–Trinajstić information content (AvgIpc) is 2.86. The smallest absolute Gasteiger partial charge is 0.355 e. The molecule has 1 atom stereocenters. The van der Waals surface area contributed by atoms with Crippen LogP contribution in [0.2, 0.25) is 0 Å². The number of alkyl halides is 3. The van der Waals surface area contributed by atoms with Gasteiger partial charge >= 0.3 is 6.18 Å². The van der Waals surface area contributed by atoms with Gasteiger partial charge in [-0.15, -0.1) is 0 Å². The molecule has 0 bridgehead atoms. The Balaban J connectivity index is 1.71. The summed E-state index contributed by atoms with van der Waals surface area (Å²) in [5.41, 5.74) is 8.25. The minimum atomic E-state index is -4.54. The van der Waals surface area contributed by atoms with Gasteiger partial charge in [-0.1, -0.05) is 36.4 Å². The van der Waals surface area contributed by atoms with Gasteiger partial charge in [-0.25, -0.2) is 4.98 Å². The molecule has 0 radical (unpaired) electrons. The summed E-state index contributed by atoms with van der Waals surface area (Å²) in [6, 6.07) is 15.7. The van der Waals surface area contributed by atoms with Crippen LogP contribution in [0.25, 0.3) is 22.4 Å². The van der Waals surface area contributed by atoms with Gasteiger partial charge in [0.05, 0.1) is 16.8 Å². The fraction of sp³-hybridized carbons (Fsp3) is 0.222. The molecular weight excluding hydrogens is 467 g/mol. The van der Waals surface area contributed by atoms with E-state index in [4.69, 9.17) is 5.73 Å². The van der Waals surface area contributed by atoms with Gasteiger partial charge in [-0.05, 0) is 54.3 Å². The van der Waals surface area contributed by atoms with Crippen LogP contribution in [-0.4, -0.2) is 21.1 Å². The quantitative estimate of drug-likeness (QED) is 0.363. The molecule has 1 unspecified atom stereocenters. The van der Waals surface area contributed by atoms with E-state index in [0.29, 0.717) is 24.5 Å². The zero-order valence-electron chi connectivity index (χ0n) is 19.9. The van der Waals surface area contributed by atoms with E-state index in [1.54, 1.807) is 24.5 Å². The van der Waals surface area contributed by atoms with Crippen molar-refractivity contribution in [3.05, 3.63) is 100 Å². The second-order valence-electron chi connectivity index (χ2n) is 8.52. The fourth-order valence-corrected chi connectivity index (χ4v) is 4.09. The summed E-state index contributed by atoms with van der Waals surface area (Å²) in [6.07, 6.45) is -0.874. The zero-order valence-corrected chi connectivity index (χ0v) is 19.9. The van der Waals surface area contributed by atoms with Crippen LogP contribution in [0.3, 0.4) is 0 Å². The van der Waals surface area contributed by atoms with Crippen molar-refractivity contribution >= 4 is 5.95 Å². The number of aryl methyl sites for hydroxylation is 1. The number of nitrogens with zero attached hydrogens (tertiary/aromatic N) is 3. The Labute approximate surface area is 206 Å². The van der Waals surface area contributed by atoms with Gasteiger partial charge in [-0.2, -0.15) is 13.2 Å². The molecule has 36 heavy (non-hydrogen) atoms. The predicted molar refractivity (Wildman–Crippen MR) is 134 cm³/mol. The Morgan fingerprint density at radius 2 is 1.75 bits per heavy atom. The van der Waals surface area contributed by atoms with Gasteiger partial charge < -0.3 is 11.1 Å². The number of halogens is 3. The van der Waals surface area contributed by atoms with E-state index < -0.39 is 17.3 Å². The van der Waals surface area contributed by atoms with E-state index in [-0.39, 0.29) is 22.9 Å². The Kier molecular flexibility index (Phi) is 7.21. The van der Waals surface area contributed by atoms with Gasteiger partial charge in [0.25, 0.3) is 5.56 Å². The van der Waals surface area contributed by atoms with Crippen molar-refractivity contribution in [1.82, 2.24) is 14.5 Å². The lowest BCUT2D eigenvalue weighted by Crippen LogP contribution is -2.26. The van der Waals surface area contributed by atoms with E-state index in [1.807, 2.05) is 31.2 Å². The number of hydrogen-bond acceptors (Lipinski definition) is 5. The molecule has 0 aliphatic heterocycles. The summed E-state index contributed by atoms with van der Waals surface area (Å²) in [6.45, 7) is 2.44. The molecular formula is C27H26F3N5O. The molecule has 2 heterocycles. The topological polar surface area (TPSA) is 85.8 Å². The number of hydrogen-bond donors (Lipinski definition) is 2. The summed E-state index contributed by atoms with van der Waals surface area (Å²) in [5, 5.41) is 3.17. The van der Waals surface area contributed by atoms with Gasteiger partial charge in [0.1, 0.15) is 0 Å². The number of nitrogens with one attached hydrogen (secondary N) is 1. The summed E-state index contributed by atoms with van der Waals surface area (Å²) >= 11 is 0. The van der Waals surface area contributed by atoms with Crippen LogP contribution in [-0.2, 0) is 13.2 Å². The molecule has 0 spiro atoms. The molecule has 2 aromatic carbocycles. The SMILES string of the molecule is Cc1ccccc1C(N)CCNc1nc(-c2ccncc2)c(-c2cccc(C(F)(F)F)c2)c(=O)n1C. The Bertz CT molecular complexity index is 1420. The maximum atomic E-state index is 13.5. The van der Waals surface area contributed by atoms with E-state index in [0.717, 1.165) is 23.3 Å². The van der Waals surface area contributed by atoms with E-state index in [2.05, 4.69) is 15.3 Å². The van der Waals surface area contributed by atoms with Crippen LogP contribution in [0.15, 0.2) is 77.9 Å². The number of pyridine rings is 1. The van der Waals surface area contributed by atoms with Crippen LogP contribution in [0.1, 0.15) is 29.2 Å².